The molecule has 0 heterocycles. The van der Waals surface area contributed by atoms with Crippen LogP contribution in [0, 0.1) is 45.3 Å². The van der Waals surface area contributed by atoms with E-state index >= 15 is 0 Å². The van der Waals surface area contributed by atoms with Gasteiger partial charge in [0.05, 0.1) is 46.5 Å². The van der Waals surface area contributed by atoms with Crippen molar-refractivity contribution in [3.63, 3.8) is 0 Å². The van der Waals surface area contributed by atoms with Crippen LogP contribution in [-0.4, -0.2) is 0 Å². The molecule has 0 unspecified atom stereocenters. The second kappa shape index (κ2) is 25.1. The molecule has 82 heavy (non-hydrogen) atoms. The lowest BCUT2D eigenvalue weighted by Crippen LogP contribution is -2.03. The average molecular weight is 1060 g/mol. The Morgan fingerprint density at radius 3 is 0.646 bits per heavy atom. The summed E-state index contributed by atoms with van der Waals surface area (Å²) in [5, 5.41) is 45.7. The number of nitrogens with zero attached hydrogens (tertiary/aromatic N) is 4. The molecule has 12 aromatic carbocycles. The first kappa shape index (κ1) is 52.9. The molecule has 0 saturated carbocycles. The van der Waals surface area contributed by atoms with Crippen molar-refractivity contribution in [1.82, 2.24) is 0 Å². The maximum Gasteiger partial charge on any atom is 0.123 e. The maximum atomic E-state index is 9.13. The van der Waals surface area contributed by atoms with Gasteiger partial charge in [-0.2, -0.15) is 21.0 Å². The van der Waals surface area contributed by atoms with E-state index in [1.165, 1.54) is 0 Å². The summed E-state index contributed by atoms with van der Waals surface area (Å²) in [6, 6.07) is 88.6. The smallest absolute Gasteiger partial charge is 0.123 e. The topological polar surface area (TPSA) is 132 Å². The normalized spacial score (nSPS) is 10.7. The maximum absolute atomic E-state index is 9.13. The van der Waals surface area contributed by atoms with Crippen LogP contribution in [0.15, 0.2) is 243 Å². The van der Waals surface area contributed by atoms with E-state index in [1.807, 2.05) is 146 Å². The van der Waals surface area contributed by atoms with Gasteiger partial charge in [-0.15, -0.1) is 0 Å². The molecule has 0 aliphatic carbocycles. The largest absolute Gasteiger partial charge is 0.489 e. The molecule has 0 radical (unpaired) electrons. The van der Waals surface area contributed by atoms with Crippen LogP contribution in [0.25, 0.3) is 43.1 Å². The highest BCUT2D eigenvalue weighted by Crippen LogP contribution is 2.39. The second-order valence-electron chi connectivity index (χ2n) is 19.8. The Balaban J connectivity index is 0.000000172. The van der Waals surface area contributed by atoms with E-state index in [-0.39, 0.29) is 0 Å². The zero-order valence-corrected chi connectivity index (χ0v) is 44.8. The summed E-state index contributed by atoms with van der Waals surface area (Å²) in [5.41, 5.74) is 10.9. The fraction of sp³-hybridized carbons (Fsp3) is 0.0811. The van der Waals surface area contributed by atoms with Crippen molar-refractivity contribution >= 4 is 43.1 Å². The molecule has 0 atom stereocenters. The summed E-state index contributed by atoms with van der Waals surface area (Å²) >= 11 is 0. The molecule has 0 saturated heterocycles. The molecule has 0 bridgehead atoms. The van der Waals surface area contributed by atoms with Gasteiger partial charge < -0.3 is 18.9 Å². The van der Waals surface area contributed by atoms with E-state index in [0.29, 0.717) is 61.5 Å². The third-order valence-corrected chi connectivity index (χ3v) is 14.6. The Morgan fingerprint density at radius 2 is 0.439 bits per heavy atom. The fourth-order valence-corrected chi connectivity index (χ4v) is 10.2. The minimum atomic E-state index is 0.397. The van der Waals surface area contributed by atoms with E-state index in [2.05, 4.69) is 121 Å². The van der Waals surface area contributed by atoms with Crippen molar-refractivity contribution < 1.29 is 18.9 Å². The van der Waals surface area contributed by atoms with Crippen molar-refractivity contribution in [2.24, 2.45) is 0 Å². The van der Waals surface area contributed by atoms with Crippen molar-refractivity contribution in [2.75, 3.05) is 0 Å². The molecule has 0 spiro atoms. The summed E-state index contributed by atoms with van der Waals surface area (Å²) in [5.74, 6) is 3.27. The van der Waals surface area contributed by atoms with Gasteiger partial charge in [-0.05, 0) is 138 Å². The first-order valence-corrected chi connectivity index (χ1v) is 26.9. The Labute approximate surface area is 476 Å². The van der Waals surface area contributed by atoms with Crippen LogP contribution in [0.4, 0.5) is 0 Å². The van der Waals surface area contributed by atoms with Crippen LogP contribution < -0.4 is 18.9 Å². The molecule has 12 aromatic rings. The third kappa shape index (κ3) is 12.2. The van der Waals surface area contributed by atoms with E-state index in [4.69, 9.17) is 40.0 Å². The monoisotopic (exact) mass is 1060 g/mol. The summed E-state index contributed by atoms with van der Waals surface area (Å²) in [7, 11) is 0. The van der Waals surface area contributed by atoms with Gasteiger partial charge in [0.15, 0.2) is 0 Å². The van der Waals surface area contributed by atoms with Gasteiger partial charge in [-0.25, -0.2) is 0 Å². The summed E-state index contributed by atoms with van der Waals surface area (Å²) < 4.78 is 25.7. The number of ether oxygens (including phenoxy) is 4. The number of fused-ring (bicyclic) bond motifs is 4. The fourth-order valence-electron chi connectivity index (χ4n) is 10.2. The quantitative estimate of drug-likeness (QED) is 0.0934. The highest BCUT2D eigenvalue weighted by Gasteiger charge is 2.19. The van der Waals surface area contributed by atoms with Crippen LogP contribution in [0.5, 0.6) is 23.0 Å². The van der Waals surface area contributed by atoms with Gasteiger partial charge >= 0.3 is 0 Å². The Morgan fingerprint density at radius 1 is 0.232 bits per heavy atom. The number of rotatable bonds is 16. The Hall–Kier alpha value is -11.2. The second-order valence-corrected chi connectivity index (χ2v) is 19.8. The van der Waals surface area contributed by atoms with Gasteiger partial charge in [-0.1, -0.05) is 170 Å². The van der Waals surface area contributed by atoms with E-state index in [0.717, 1.165) is 111 Å². The van der Waals surface area contributed by atoms with Gasteiger partial charge in [0, 0.05) is 35.1 Å². The molecule has 0 N–H and O–H groups in total. The molecule has 0 amide bonds. The molecular formula is C74H52N4O4. The van der Waals surface area contributed by atoms with E-state index in [9.17, 15) is 0 Å². The SMILES string of the molecule is N#Cc1ccc(COc2ccc3ccccc3c2Cc2c(OCc3ccc(C#N)cc3)ccc3ccccc23)cc1.N#Cc1ccc(COc2ccc3ccccc3c2Cc2c(OCc3ccc(C#N)cc3)ccc3ccccc23)cc1. The first-order valence-electron chi connectivity index (χ1n) is 26.9. The Bertz CT molecular complexity index is 3860. The van der Waals surface area contributed by atoms with E-state index < -0.39 is 0 Å². The van der Waals surface area contributed by atoms with Crippen LogP contribution in [0.2, 0.25) is 0 Å². The number of hydrogen-bond donors (Lipinski definition) is 0. The molecule has 0 aliphatic heterocycles. The molecule has 12 rings (SSSR count). The molecule has 0 fully saturated rings. The molecule has 392 valence electrons. The lowest BCUT2D eigenvalue weighted by atomic mass is 9.93. The summed E-state index contributed by atoms with van der Waals surface area (Å²) in [6.45, 7) is 1.59. The van der Waals surface area contributed by atoms with Gasteiger partial charge in [0.25, 0.3) is 0 Å². The van der Waals surface area contributed by atoms with Gasteiger partial charge in [-0.3, -0.25) is 0 Å². The van der Waals surface area contributed by atoms with Crippen LogP contribution >= 0.6 is 0 Å². The minimum absolute atomic E-state index is 0.397. The molecule has 0 aromatic heterocycles. The molecule has 8 nitrogen and oxygen atoms in total. The van der Waals surface area contributed by atoms with Gasteiger partial charge in [0.1, 0.15) is 49.4 Å². The molecule has 8 heteroatoms. The third-order valence-electron chi connectivity index (χ3n) is 14.6. The van der Waals surface area contributed by atoms with Crippen LogP contribution in [0.1, 0.15) is 66.8 Å². The number of hydrogen-bond acceptors (Lipinski definition) is 8. The standard InChI is InChI=1S/2C37H26N2O2/c2*38-22-26-9-13-28(14-10-26)24-40-36-19-17-30-5-1-3-7-32(30)34(36)21-35-33-8-4-2-6-31(33)18-20-37(35)41-25-29-15-11-27(23-39)12-16-29/h2*1-20H,21,24-25H2. The average Bonchev–Trinajstić information content (AvgIpc) is 3.54. The predicted octanol–water partition coefficient (Wildman–Crippen LogP) is 17.0. The zero-order chi connectivity index (χ0) is 56.0. The van der Waals surface area contributed by atoms with Crippen molar-refractivity contribution in [2.45, 2.75) is 39.3 Å². The van der Waals surface area contributed by atoms with Gasteiger partial charge in [0.2, 0.25) is 0 Å². The zero-order valence-electron chi connectivity index (χ0n) is 44.8. The summed E-state index contributed by atoms with van der Waals surface area (Å²) in [6.07, 6.45) is 1.24. The van der Waals surface area contributed by atoms with Crippen LogP contribution in [-0.2, 0) is 39.3 Å². The number of benzene rings is 12. The highest BCUT2D eigenvalue weighted by molar-refractivity contribution is 5.93. The minimum Gasteiger partial charge on any atom is -0.489 e. The predicted molar refractivity (Wildman–Crippen MR) is 323 cm³/mol. The van der Waals surface area contributed by atoms with Crippen molar-refractivity contribution in [1.29, 1.82) is 21.0 Å². The highest BCUT2D eigenvalue weighted by atomic mass is 16.5. The molecular weight excluding hydrogens is 1010 g/mol. The Kier molecular flexibility index (Phi) is 16.2. The van der Waals surface area contributed by atoms with Crippen molar-refractivity contribution in [3.05, 3.63) is 309 Å². The lowest BCUT2D eigenvalue weighted by molar-refractivity contribution is 0.300. The first-order chi connectivity index (χ1) is 40.4. The number of nitriles is 4. The molecule has 0 aliphatic rings. The summed E-state index contributed by atoms with van der Waals surface area (Å²) in [4.78, 5) is 0. The lowest BCUT2D eigenvalue weighted by Gasteiger charge is -2.18. The van der Waals surface area contributed by atoms with E-state index in [1.54, 1.807) is 0 Å². The van der Waals surface area contributed by atoms with Crippen LogP contribution in [0.3, 0.4) is 0 Å². The van der Waals surface area contributed by atoms with Crippen molar-refractivity contribution in [3.8, 4) is 47.3 Å².